The smallest absolute Gasteiger partial charge is 0.246 e. The molecule has 4 heteroatoms. The van der Waals surface area contributed by atoms with E-state index >= 15 is 0 Å². The van der Waals surface area contributed by atoms with Crippen molar-refractivity contribution in [1.82, 2.24) is 9.80 Å². The molecule has 2 amide bonds. The Balaban J connectivity index is 1.90. The highest BCUT2D eigenvalue weighted by atomic mass is 16.2. The van der Waals surface area contributed by atoms with Crippen molar-refractivity contribution in [2.75, 3.05) is 27.2 Å². The number of benzene rings is 1. The molecule has 136 valence electrons. The third kappa shape index (κ3) is 5.18. The molecule has 1 aliphatic heterocycles. The molecule has 0 radical (unpaired) electrons. The first kappa shape index (κ1) is 19.2. The van der Waals surface area contributed by atoms with Crippen molar-refractivity contribution in [2.45, 2.75) is 39.0 Å². The third-order valence-corrected chi connectivity index (χ3v) is 4.79. The van der Waals surface area contributed by atoms with Crippen molar-refractivity contribution in [3.8, 4) is 0 Å². The zero-order chi connectivity index (χ0) is 18.6. The van der Waals surface area contributed by atoms with Crippen LogP contribution in [0.4, 0.5) is 0 Å². The van der Waals surface area contributed by atoms with Crippen molar-refractivity contribution >= 4 is 17.9 Å². The highest BCUT2D eigenvalue weighted by Gasteiger charge is 2.27. The summed E-state index contributed by atoms with van der Waals surface area (Å²) in [5, 5.41) is 0. The number of piperidine rings is 1. The van der Waals surface area contributed by atoms with Gasteiger partial charge in [-0.15, -0.1) is 0 Å². The topological polar surface area (TPSA) is 40.6 Å². The highest BCUT2D eigenvalue weighted by Crippen LogP contribution is 2.23. The van der Waals surface area contributed by atoms with Crippen molar-refractivity contribution in [3.63, 3.8) is 0 Å². The lowest BCUT2D eigenvalue weighted by Gasteiger charge is -2.31. The summed E-state index contributed by atoms with van der Waals surface area (Å²) in [6, 6.07) is 8.32. The normalized spacial score (nSPS) is 16.3. The van der Waals surface area contributed by atoms with E-state index in [0.29, 0.717) is 13.1 Å². The Labute approximate surface area is 151 Å². The molecule has 0 atom stereocenters. The Bertz CT molecular complexity index is 631. The van der Waals surface area contributed by atoms with Gasteiger partial charge in [0.05, 0.1) is 0 Å². The van der Waals surface area contributed by atoms with Gasteiger partial charge < -0.3 is 9.80 Å². The van der Waals surface area contributed by atoms with Crippen molar-refractivity contribution in [3.05, 3.63) is 41.5 Å². The third-order valence-electron chi connectivity index (χ3n) is 4.79. The Morgan fingerprint density at radius 2 is 1.64 bits per heavy atom. The molecule has 2 rings (SSSR count). The minimum Gasteiger partial charge on any atom is -0.349 e. The molecule has 0 N–H and O–H groups in total. The van der Waals surface area contributed by atoms with Gasteiger partial charge in [-0.2, -0.15) is 0 Å². The average molecular weight is 342 g/mol. The van der Waals surface area contributed by atoms with E-state index in [4.69, 9.17) is 0 Å². The van der Waals surface area contributed by atoms with E-state index in [1.807, 2.05) is 23.1 Å². The van der Waals surface area contributed by atoms with Crippen LogP contribution in [0.1, 0.15) is 44.7 Å². The first-order valence-electron chi connectivity index (χ1n) is 8.97. The second kappa shape index (κ2) is 7.85. The summed E-state index contributed by atoms with van der Waals surface area (Å²) in [6.07, 6.45) is 5.00. The summed E-state index contributed by atoms with van der Waals surface area (Å²) < 4.78 is 0. The molecule has 25 heavy (non-hydrogen) atoms. The summed E-state index contributed by atoms with van der Waals surface area (Å²) in [5.74, 6) is 0.241. The molecule has 1 aliphatic rings. The molecular weight excluding hydrogens is 312 g/mol. The average Bonchev–Trinajstić information content (AvgIpc) is 2.58. The van der Waals surface area contributed by atoms with Crippen molar-refractivity contribution in [1.29, 1.82) is 0 Å². The fourth-order valence-electron chi connectivity index (χ4n) is 3.08. The molecule has 0 aromatic heterocycles. The van der Waals surface area contributed by atoms with Crippen LogP contribution < -0.4 is 0 Å². The highest BCUT2D eigenvalue weighted by molar-refractivity contribution is 5.92. The van der Waals surface area contributed by atoms with E-state index in [9.17, 15) is 9.59 Å². The standard InChI is InChI=1S/C21H30N2O2/c1-21(2,3)18-9-6-16(7-10-18)8-11-19(24)23-14-12-17(13-15-23)20(25)22(4)5/h6-11,17H,12-15H2,1-5H3/b11-8+. The quantitative estimate of drug-likeness (QED) is 0.791. The zero-order valence-corrected chi connectivity index (χ0v) is 16.1. The van der Waals surface area contributed by atoms with Crippen molar-refractivity contribution in [2.24, 2.45) is 5.92 Å². The number of likely N-dealkylation sites (tertiary alicyclic amines) is 1. The van der Waals surface area contributed by atoms with Gasteiger partial charge in [0, 0.05) is 39.2 Å². The van der Waals surface area contributed by atoms with Gasteiger partial charge in [0.15, 0.2) is 0 Å². The number of amides is 2. The Kier molecular flexibility index (Phi) is 6.04. The van der Waals surface area contributed by atoms with E-state index in [1.54, 1.807) is 25.1 Å². The van der Waals surface area contributed by atoms with E-state index in [-0.39, 0.29) is 23.1 Å². The molecule has 0 spiro atoms. The lowest BCUT2D eigenvalue weighted by Crippen LogP contribution is -2.42. The van der Waals surface area contributed by atoms with Crippen LogP contribution in [0.15, 0.2) is 30.3 Å². The molecule has 0 saturated carbocycles. The fourth-order valence-corrected chi connectivity index (χ4v) is 3.08. The molecule has 1 aromatic carbocycles. The van der Waals surface area contributed by atoms with E-state index in [1.165, 1.54) is 5.56 Å². The molecule has 1 heterocycles. The van der Waals surface area contributed by atoms with Gasteiger partial charge >= 0.3 is 0 Å². The number of nitrogens with zero attached hydrogens (tertiary/aromatic N) is 2. The van der Waals surface area contributed by atoms with Gasteiger partial charge in [-0.1, -0.05) is 45.0 Å². The van der Waals surface area contributed by atoms with Gasteiger partial charge in [-0.25, -0.2) is 0 Å². The Morgan fingerprint density at radius 3 is 2.12 bits per heavy atom. The summed E-state index contributed by atoms with van der Waals surface area (Å²) >= 11 is 0. The first-order valence-corrected chi connectivity index (χ1v) is 8.97. The van der Waals surface area contributed by atoms with Gasteiger partial charge in [0.2, 0.25) is 11.8 Å². The van der Waals surface area contributed by atoms with Crippen LogP contribution in [0, 0.1) is 5.92 Å². The second-order valence-corrected chi connectivity index (χ2v) is 8.04. The molecular formula is C21H30N2O2. The van der Waals surface area contributed by atoms with E-state index < -0.39 is 0 Å². The molecule has 0 unspecified atom stereocenters. The summed E-state index contributed by atoms with van der Waals surface area (Å²) in [7, 11) is 3.57. The van der Waals surface area contributed by atoms with E-state index in [0.717, 1.165) is 18.4 Å². The van der Waals surface area contributed by atoms with Crippen LogP contribution in [-0.4, -0.2) is 48.8 Å². The van der Waals surface area contributed by atoms with Crippen LogP contribution in [0.2, 0.25) is 0 Å². The van der Waals surface area contributed by atoms with Gasteiger partial charge in [0.25, 0.3) is 0 Å². The predicted molar refractivity (Wildman–Crippen MR) is 102 cm³/mol. The fraction of sp³-hybridized carbons (Fsp3) is 0.524. The number of carbonyl (C=O) groups is 2. The maximum absolute atomic E-state index is 12.4. The van der Waals surface area contributed by atoms with Gasteiger partial charge in [-0.3, -0.25) is 9.59 Å². The molecule has 4 nitrogen and oxygen atoms in total. The number of carbonyl (C=O) groups excluding carboxylic acids is 2. The molecule has 1 aromatic rings. The zero-order valence-electron chi connectivity index (χ0n) is 16.1. The van der Waals surface area contributed by atoms with Crippen LogP contribution in [0.3, 0.4) is 0 Å². The maximum Gasteiger partial charge on any atom is 0.246 e. The summed E-state index contributed by atoms with van der Waals surface area (Å²) in [5.41, 5.74) is 2.44. The van der Waals surface area contributed by atoms with Gasteiger partial charge in [0.1, 0.15) is 0 Å². The SMILES string of the molecule is CN(C)C(=O)C1CCN(C(=O)/C=C/c2ccc(C(C)(C)C)cc2)CC1. The van der Waals surface area contributed by atoms with Crippen molar-refractivity contribution < 1.29 is 9.59 Å². The summed E-state index contributed by atoms with van der Waals surface area (Å²) in [6.45, 7) is 7.86. The maximum atomic E-state index is 12.4. The molecule has 0 bridgehead atoms. The Morgan fingerprint density at radius 1 is 1.08 bits per heavy atom. The minimum absolute atomic E-state index is 0.0237. The molecule has 1 saturated heterocycles. The van der Waals surface area contributed by atoms with Crippen LogP contribution >= 0.6 is 0 Å². The number of hydrogen-bond acceptors (Lipinski definition) is 2. The second-order valence-electron chi connectivity index (χ2n) is 8.04. The van der Waals surface area contributed by atoms with E-state index in [2.05, 4.69) is 32.9 Å². The van der Waals surface area contributed by atoms with Crippen LogP contribution in [-0.2, 0) is 15.0 Å². The lowest BCUT2D eigenvalue weighted by molar-refractivity contribution is -0.137. The van der Waals surface area contributed by atoms with Crippen LogP contribution in [0.25, 0.3) is 6.08 Å². The predicted octanol–water partition coefficient (Wildman–Crippen LogP) is 3.32. The molecule has 0 aliphatic carbocycles. The molecule has 1 fully saturated rings. The number of rotatable bonds is 3. The largest absolute Gasteiger partial charge is 0.349 e. The van der Waals surface area contributed by atoms with Gasteiger partial charge in [-0.05, 0) is 35.5 Å². The first-order chi connectivity index (χ1) is 11.7. The summed E-state index contributed by atoms with van der Waals surface area (Å²) in [4.78, 5) is 27.8. The van der Waals surface area contributed by atoms with Crippen LogP contribution in [0.5, 0.6) is 0 Å². The number of hydrogen-bond donors (Lipinski definition) is 0. The lowest BCUT2D eigenvalue weighted by atomic mass is 9.87. The minimum atomic E-state index is 0.0237. The Hall–Kier alpha value is -2.10. The monoisotopic (exact) mass is 342 g/mol.